The Labute approximate surface area is 132 Å². The maximum atomic E-state index is 12.9. The summed E-state index contributed by atoms with van der Waals surface area (Å²) in [7, 11) is 0. The molecule has 6 nitrogen and oxygen atoms in total. The fraction of sp³-hybridized carbons (Fsp3) is 0.235. The highest BCUT2D eigenvalue weighted by atomic mass is 16.2. The van der Waals surface area contributed by atoms with Crippen LogP contribution in [0.15, 0.2) is 42.5 Å². The van der Waals surface area contributed by atoms with Crippen molar-refractivity contribution in [1.82, 2.24) is 15.1 Å². The van der Waals surface area contributed by atoms with Crippen molar-refractivity contribution in [3.8, 4) is 0 Å². The monoisotopic (exact) mass is 309 g/mol. The van der Waals surface area contributed by atoms with E-state index in [9.17, 15) is 14.4 Å². The summed E-state index contributed by atoms with van der Waals surface area (Å²) in [6.07, 6.45) is 0. The van der Waals surface area contributed by atoms with Gasteiger partial charge < -0.3 is 9.80 Å². The predicted octanol–water partition coefficient (Wildman–Crippen LogP) is 1.22. The number of carbonyl (C=O) groups is 3. The number of hydrogen-bond donors (Lipinski definition) is 1. The van der Waals surface area contributed by atoms with Crippen molar-refractivity contribution < 1.29 is 14.4 Å². The van der Waals surface area contributed by atoms with Crippen molar-refractivity contribution in [2.45, 2.75) is 6.04 Å². The third kappa shape index (κ3) is 2.14. The second kappa shape index (κ2) is 5.08. The fourth-order valence-corrected chi connectivity index (χ4v) is 3.28. The zero-order chi connectivity index (χ0) is 16.0. The quantitative estimate of drug-likeness (QED) is 0.805. The highest BCUT2D eigenvalue weighted by molar-refractivity contribution is 6.08. The second-order valence-corrected chi connectivity index (χ2v) is 5.78. The lowest BCUT2D eigenvalue weighted by molar-refractivity contribution is -0.122. The molecule has 2 fully saturated rings. The van der Waals surface area contributed by atoms with Crippen molar-refractivity contribution in [3.05, 3.63) is 48.0 Å². The highest BCUT2D eigenvalue weighted by Gasteiger charge is 2.43. The van der Waals surface area contributed by atoms with Gasteiger partial charge in [-0.2, -0.15) is 0 Å². The van der Waals surface area contributed by atoms with E-state index in [1.807, 2.05) is 36.4 Å². The van der Waals surface area contributed by atoms with Crippen LogP contribution in [-0.2, 0) is 4.79 Å². The Kier molecular flexibility index (Phi) is 3.04. The summed E-state index contributed by atoms with van der Waals surface area (Å²) >= 11 is 0. The molecule has 2 aliphatic rings. The van der Waals surface area contributed by atoms with Crippen molar-refractivity contribution in [2.75, 3.05) is 19.6 Å². The number of nitrogens with one attached hydrogen (secondary N) is 1. The Morgan fingerprint density at radius 3 is 2.70 bits per heavy atom. The SMILES string of the molecule is O=C1NC(=O)N2CCN(C(=O)c3cccc4ccccc34)CC12. The summed E-state index contributed by atoms with van der Waals surface area (Å²) < 4.78 is 0. The van der Waals surface area contributed by atoms with Crippen molar-refractivity contribution in [1.29, 1.82) is 0 Å². The van der Waals surface area contributed by atoms with E-state index in [0.717, 1.165) is 10.8 Å². The van der Waals surface area contributed by atoms with Crippen LogP contribution < -0.4 is 5.32 Å². The molecule has 1 unspecified atom stereocenters. The van der Waals surface area contributed by atoms with Crippen LogP contribution in [0, 0.1) is 0 Å². The van der Waals surface area contributed by atoms with E-state index >= 15 is 0 Å². The van der Waals surface area contributed by atoms with Crippen LogP contribution in [0.2, 0.25) is 0 Å². The summed E-state index contributed by atoms with van der Waals surface area (Å²) in [4.78, 5) is 39.5. The summed E-state index contributed by atoms with van der Waals surface area (Å²) in [5.74, 6) is -0.431. The fourth-order valence-electron chi connectivity index (χ4n) is 3.28. The van der Waals surface area contributed by atoms with Gasteiger partial charge in [0, 0.05) is 18.7 Å². The number of imide groups is 1. The predicted molar refractivity (Wildman–Crippen MR) is 83.9 cm³/mol. The Morgan fingerprint density at radius 2 is 1.83 bits per heavy atom. The molecule has 0 spiro atoms. The minimum Gasteiger partial charge on any atom is -0.334 e. The van der Waals surface area contributed by atoms with Gasteiger partial charge in [-0.15, -0.1) is 0 Å². The van der Waals surface area contributed by atoms with Gasteiger partial charge in [-0.3, -0.25) is 14.9 Å². The number of rotatable bonds is 1. The Hall–Kier alpha value is -2.89. The van der Waals surface area contributed by atoms with Crippen molar-refractivity contribution in [3.63, 3.8) is 0 Å². The van der Waals surface area contributed by atoms with E-state index in [0.29, 0.717) is 18.7 Å². The summed E-state index contributed by atoms with van der Waals surface area (Å²) in [5.41, 5.74) is 0.626. The first-order valence-electron chi connectivity index (χ1n) is 7.53. The van der Waals surface area contributed by atoms with E-state index in [-0.39, 0.29) is 24.4 Å². The maximum absolute atomic E-state index is 12.9. The molecular formula is C17H15N3O3. The average Bonchev–Trinajstić information content (AvgIpc) is 2.87. The first kappa shape index (κ1) is 13.8. The molecule has 2 aromatic rings. The summed E-state index contributed by atoms with van der Waals surface area (Å²) in [5, 5.41) is 4.20. The van der Waals surface area contributed by atoms with Gasteiger partial charge >= 0.3 is 6.03 Å². The number of urea groups is 1. The highest BCUT2D eigenvalue weighted by Crippen LogP contribution is 2.22. The topological polar surface area (TPSA) is 69.7 Å². The molecule has 0 aliphatic carbocycles. The number of fused-ring (bicyclic) bond motifs is 2. The molecule has 116 valence electrons. The standard InChI is InChI=1S/C17H15N3O3/c21-15-14-10-19(8-9-20(14)17(23)18-15)16(22)13-7-3-5-11-4-1-2-6-12(11)13/h1-7,14H,8-10H2,(H,18,21,23). The van der Waals surface area contributed by atoms with Crippen LogP contribution in [0.1, 0.15) is 10.4 Å². The normalized spacial score (nSPS) is 20.6. The largest absolute Gasteiger partial charge is 0.334 e. The van der Waals surface area contributed by atoms with E-state index in [1.165, 1.54) is 4.90 Å². The lowest BCUT2D eigenvalue weighted by atomic mass is 10.0. The van der Waals surface area contributed by atoms with Gasteiger partial charge in [-0.05, 0) is 16.8 Å². The molecule has 2 saturated heterocycles. The number of benzene rings is 2. The molecule has 0 aromatic heterocycles. The Morgan fingerprint density at radius 1 is 1.04 bits per heavy atom. The molecule has 23 heavy (non-hydrogen) atoms. The van der Waals surface area contributed by atoms with Crippen LogP contribution in [-0.4, -0.2) is 53.3 Å². The van der Waals surface area contributed by atoms with Crippen LogP contribution in [0.4, 0.5) is 4.79 Å². The lowest BCUT2D eigenvalue weighted by Crippen LogP contribution is -2.54. The minimum absolute atomic E-state index is 0.103. The lowest BCUT2D eigenvalue weighted by Gasteiger charge is -2.35. The van der Waals surface area contributed by atoms with E-state index < -0.39 is 6.04 Å². The molecule has 6 heteroatoms. The van der Waals surface area contributed by atoms with Crippen LogP contribution in [0.5, 0.6) is 0 Å². The van der Waals surface area contributed by atoms with Crippen LogP contribution >= 0.6 is 0 Å². The molecule has 2 aromatic carbocycles. The molecule has 4 amide bonds. The van der Waals surface area contributed by atoms with Crippen molar-refractivity contribution in [2.24, 2.45) is 0 Å². The van der Waals surface area contributed by atoms with Gasteiger partial charge in [0.05, 0.1) is 6.54 Å². The molecule has 1 N–H and O–H groups in total. The van der Waals surface area contributed by atoms with Gasteiger partial charge in [0.25, 0.3) is 11.8 Å². The van der Waals surface area contributed by atoms with Crippen molar-refractivity contribution >= 4 is 28.6 Å². The minimum atomic E-state index is -0.574. The first-order chi connectivity index (χ1) is 11.1. The second-order valence-electron chi connectivity index (χ2n) is 5.78. The molecule has 2 aliphatic heterocycles. The average molecular weight is 309 g/mol. The zero-order valence-electron chi connectivity index (χ0n) is 12.4. The van der Waals surface area contributed by atoms with Gasteiger partial charge in [0.15, 0.2) is 0 Å². The molecule has 1 atom stereocenters. The smallest absolute Gasteiger partial charge is 0.324 e. The molecule has 0 saturated carbocycles. The van der Waals surface area contributed by atoms with Crippen LogP contribution in [0.25, 0.3) is 10.8 Å². The third-order valence-corrected chi connectivity index (χ3v) is 4.48. The molecule has 4 rings (SSSR count). The van der Waals surface area contributed by atoms with Gasteiger partial charge in [0.1, 0.15) is 6.04 Å². The number of piperazine rings is 1. The number of nitrogens with zero attached hydrogens (tertiary/aromatic N) is 2. The van der Waals surface area contributed by atoms with E-state index in [2.05, 4.69) is 5.32 Å². The first-order valence-corrected chi connectivity index (χ1v) is 7.53. The maximum Gasteiger partial charge on any atom is 0.324 e. The van der Waals surface area contributed by atoms with Gasteiger partial charge in [-0.25, -0.2) is 4.79 Å². The third-order valence-electron chi connectivity index (χ3n) is 4.48. The Balaban J connectivity index is 1.64. The van der Waals surface area contributed by atoms with E-state index in [4.69, 9.17) is 0 Å². The molecule has 0 bridgehead atoms. The zero-order valence-corrected chi connectivity index (χ0v) is 12.4. The molecule has 2 heterocycles. The van der Waals surface area contributed by atoms with E-state index in [1.54, 1.807) is 11.0 Å². The molecular weight excluding hydrogens is 294 g/mol. The van der Waals surface area contributed by atoms with Gasteiger partial charge in [-0.1, -0.05) is 36.4 Å². The summed E-state index contributed by atoms with van der Waals surface area (Å²) in [6, 6.07) is 12.4. The number of amides is 4. The molecule has 0 radical (unpaired) electrons. The van der Waals surface area contributed by atoms with Crippen LogP contribution in [0.3, 0.4) is 0 Å². The number of hydrogen-bond acceptors (Lipinski definition) is 3. The van der Waals surface area contributed by atoms with Gasteiger partial charge in [0.2, 0.25) is 0 Å². The Bertz CT molecular complexity index is 827. The summed E-state index contributed by atoms with van der Waals surface area (Å²) in [6.45, 7) is 1.04. The number of carbonyl (C=O) groups excluding carboxylic acids is 3.